The molecule has 152 valence electrons. The second kappa shape index (κ2) is 10.1. The lowest BCUT2D eigenvalue weighted by Gasteiger charge is -2.07. The Labute approximate surface area is 175 Å². The van der Waals surface area contributed by atoms with Crippen LogP contribution in [0.3, 0.4) is 0 Å². The lowest BCUT2D eigenvalue weighted by Crippen LogP contribution is -2.08. The fourth-order valence-corrected chi connectivity index (χ4v) is 2.77. The molecule has 0 aliphatic rings. The molecule has 0 bridgehead atoms. The minimum absolute atomic E-state index is 0.160. The first kappa shape index (κ1) is 20.9. The van der Waals surface area contributed by atoms with Gasteiger partial charge in [-0.15, -0.1) is 0 Å². The predicted molar refractivity (Wildman–Crippen MR) is 115 cm³/mol. The normalized spacial score (nSPS) is 10.6. The van der Waals surface area contributed by atoms with Gasteiger partial charge in [0.25, 0.3) is 0 Å². The Morgan fingerprint density at radius 3 is 2.37 bits per heavy atom. The Balaban J connectivity index is 1.66. The van der Waals surface area contributed by atoms with Crippen LogP contribution < -0.4 is 14.2 Å². The van der Waals surface area contributed by atoms with Crippen molar-refractivity contribution in [2.45, 2.75) is 6.92 Å². The van der Waals surface area contributed by atoms with E-state index in [1.807, 2.05) is 31.2 Å². The second-order valence-corrected chi connectivity index (χ2v) is 6.31. The highest BCUT2D eigenvalue weighted by Gasteiger charge is 2.10. The molecule has 0 amide bonds. The third-order valence-electron chi connectivity index (χ3n) is 4.29. The van der Waals surface area contributed by atoms with Crippen LogP contribution in [0.4, 0.5) is 0 Å². The number of hydrogen-bond donors (Lipinski definition) is 0. The van der Waals surface area contributed by atoms with Crippen molar-refractivity contribution >= 4 is 17.8 Å². The second-order valence-electron chi connectivity index (χ2n) is 6.31. The molecule has 3 aromatic rings. The summed E-state index contributed by atoms with van der Waals surface area (Å²) in [6.45, 7) is 2.46. The number of carbonyl (C=O) groups is 2. The molecule has 0 heterocycles. The van der Waals surface area contributed by atoms with E-state index in [2.05, 4.69) is 0 Å². The number of ether oxygens (including phenoxy) is 3. The van der Waals surface area contributed by atoms with Crippen LogP contribution in [0.25, 0.3) is 6.08 Å². The van der Waals surface area contributed by atoms with Crippen molar-refractivity contribution in [3.05, 3.63) is 95.6 Å². The first-order valence-corrected chi connectivity index (χ1v) is 9.51. The number of esters is 1. The lowest BCUT2D eigenvalue weighted by atomic mass is 10.1. The van der Waals surface area contributed by atoms with E-state index in [9.17, 15) is 9.59 Å². The minimum Gasteiger partial charge on any atom is -0.497 e. The van der Waals surface area contributed by atoms with Gasteiger partial charge in [-0.3, -0.25) is 4.79 Å². The Kier molecular flexibility index (Phi) is 7.00. The molecule has 5 nitrogen and oxygen atoms in total. The number of allylic oxidation sites excluding steroid dienone is 1. The summed E-state index contributed by atoms with van der Waals surface area (Å²) in [6, 6.07) is 20.7. The van der Waals surface area contributed by atoms with E-state index in [-0.39, 0.29) is 5.78 Å². The Morgan fingerprint density at radius 1 is 0.867 bits per heavy atom. The van der Waals surface area contributed by atoms with Gasteiger partial charge in [0.15, 0.2) is 5.78 Å². The van der Waals surface area contributed by atoms with Crippen LogP contribution in [-0.4, -0.2) is 25.5 Å². The molecule has 30 heavy (non-hydrogen) atoms. The van der Waals surface area contributed by atoms with Gasteiger partial charge in [0.1, 0.15) is 17.2 Å². The topological polar surface area (TPSA) is 61.8 Å². The van der Waals surface area contributed by atoms with Gasteiger partial charge in [-0.25, -0.2) is 4.79 Å². The predicted octanol–water partition coefficient (Wildman–Crippen LogP) is 5.21. The molecule has 0 spiro atoms. The van der Waals surface area contributed by atoms with E-state index in [0.717, 1.165) is 11.3 Å². The van der Waals surface area contributed by atoms with Gasteiger partial charge in [-0.05, 0) is 67.6 Å². The zero-order chi connectivity index (χ0) is 21.3. The van der Waals surface area contributed by atoms with Crippen molar-refractivity contribution in [1.29, 1.82) is 0 Å². The summed E-state index contributed by atoms with van der Waals surface area (Å²) in [7, 11) is 1.53. The van der Waals surface area contributed by atoms with E-state index in [0.29, 0.717) is 29.2 Å². The number of hydrogen-bond acceptors (Lipinski definition) is 5. The molecule has 0 N–H and O–H groups in total. The first-order chi connectivity index (χ1) is 14.6. The zero-order valence-corrected chi connectivity index (χ0v) is 16.8. The lowest BCUT2D eigenvalue weighted by molar-refractivity contribution is 0.0734. The van der Waals surface area contributed by atoms with Gasteiger partial charge >= 0.3 is 5.97 Å². The minimum atomic E-state index is -0.500. The van der Waals surface area contributed by atoms with Crippen LogP contribution in [0, 0.1) is 0 Å². The molecular weight excluding hydrogens is 380 g/mol. The monoisotopic (exact) mass is 402 g/mol. The zero-order valence-electron chi connectivity index (χ0n) is 16.8. The van der Waals surface area contributed by atoms with Crippen molar-refractivity contribution < 1.29 is 23.8 Å². The molecule has 0 atom stereocenters. The highest BCUT2D eigenvalue weighted by molar-refractivity contribution is 6.07. The van der Waals surface area contributed by atoms with E-state index in [1.54, 1.807) is 54.6 Å². The van der Waals surface area contributed by atoms with E-state index < -0.39 is 5.97 Å². The van der Waals surface area contributed by atoms with Crippen molar-refractivity contribution in [3.8, 4) is 17.2 Å². The molecule has 0 saturated carbocycles. The maximum atomic E-state index is 12.5. The average Bonchev–Trinajstić information content (AvgIpc) is 2.79. The fourth-order valence-electron chi connectivity index (χ4n) is 2.77. The molecule has 0 unspecified atom stereocenters. The molecule has 0 radical (unpaired) electrons. The highest BCUT2D eigenvalue weighted by Crippen LogP contribution is 2.21. The van der Waals surface area contributed by atoms with Gasteiger partial charge < -0.3 is 14.2 Å². The number of benzene rings is 3. The number of para-hydroxylation sites is 1. The Bertz CT molecular complexity index is 1050. The summed E-state index contributed by atoms with van der Waals surface area (Å²) >= 11 is 0. The Hall–Kier alpha value is -3.86. The van der Waals surface area contributed by atoms with Crippen LogP contribution in [0.5, 0.6) is 17.2 Å². The molecule has 5 heteroatoms. The van der Waals surface area contributed by atoms with Crippen molar-refractivity contribution in [2.24, 2.45) is 0 Å². The van der Waals surface area contributed by atoms with Gasteiger partial charge in [0, 0.05) is 11.1 Å². The van der Waals surface area contributed by atoms with Gasteiger partial charge in [-0.1, -0.05) is 24.3 Å². The van der Waals surface area contributed by atoms with Crippen LogP contribution in [0.2, 0.25) is 0 Å². The molecule has 0 aliphatic heterocycles. The summed E-state index contributed by atoms with van der Waals surface area (Å²) in [5, 5.41) is 0. The smallest absolute Gasteiger partial charge is 0.343 e. The molecule has 0 fully saturated rings. The summed E-state index contributed by atoms with van der Waals surface area (Å²) in [5.41, 5.74) is 1.70. The first-order valence-electron chi connectivity index (χ1n) is 9.51. The SMILES string of the molecule is CCOc1ccccc1C=CC(=O)c1ccc(OC(=O)c2cccc(OC)c2)cc1. The third kappa shape index (κ3) is 5.35. The maximum absolute atomic E-state index is 12.5. The van der Waals surface area contributed by atoms with Gasteiger partial charge in [0.2, 0.25) is 0 Å². The van der Waals surface area contributed by atoms with E-state index in [1.165, 1.54) is 13.2 Å². The van der Waals surface area contributed by atoms with Crippen LogP contribution in [0.15, 0.2) is 78.9 Å². The molecule has 0 saturated heterocycles. The third-order valence-corrected chi connectivity index (χ3v) is 4.29. The molecule has 3 aromatic carbocycles. The fraction of sp³-hybridized carbons (Fsp3) is 0.120. The Morgan fingerprint density at radius 2 is 1.63 bits per heavy atom. The molecule has 3 rings (SSSR count). The van der Waals surface area contributed by atoms with Crippen LogP contribution >= 0.6 is 0 Å². The standard InChI is InChI=1S/C25H22O5/c1-3-29-24-10-5-4-7-19(24)13-16-23(26)18-11-14-21(15-12-18)30-25(27)20-8-6-9-22(17-20)28-2/h4-17H,3H2,1-2H3. The number of rotatable bonds is 8. The summed E-state index contributed by atoms with van der Waals surface area (Å²) in [4.78, 5) is 24.7. The quantitative estimate of drug-likeness (QED) is 0.224. The maximum Gasteiger partial charge on any atom is 0.343 e. The summed E-state index contributed by atoms with van der Waals surface area (Å²) in [6.07, 6.45) is 3.22. The van der Waals surface area contributed by atoms with Crippen LogP contribution in [-0.2, 0) is 0 Å². The van der Waals surface area contributed by atoms with Crippen molar-refractivity contribution in [3.63, 3.8) is 0 Å². The number of carbonyl (C=O) groups excluding carboxylic acids is 2. The number of methoxy groups -OCH3 is 1. The summed E-state index contributed by atoms with van der Waals surface area (Å²) < 4.78 is 16.0. The van der Waals surface area contributed by atoms with Crippen molar-refractivity contribution in [2.75, 3.05) is 13.7 Å². The average molecular weight is 402 g/mol. The van der Waals surface area contributed by atoms with Crippen molar-refractivity contribution in [1.82, 2.24) is 0 Å². The highest BCUT2D eigenvalue weighted by atomic mass is 16.5. The van der Waals surface area contributed by atoms with Crippen LogP contribution in [0.1, 0.15) is 33.2 Å². The summed E-state index contributed by atoms with van der Waals surface area (Å²) in [5.74, 6) is 0.990. The number of ketones is 1. The largest absolute Gasteiger partial charge is 0.497 e. The van der Waals surface area contributed by atoms with E-state index >= 15 is 0 Å². The molecular formula is C25H22O5. The van der Waals surface area contributed by atoms with Gasteiger partial charge in [-0.2, -0.15) is 0 Å². The van der Waals surface area contributed by atoms with E-state index in [4.69, 9.17) is 14.2 Å². The van der Waals surface area contributed by atoms with Gasteiger partial charge in [0.05, 0.1) is 19.3 Å². The molecule has 0 aromatic heterocycles. The molecule has 0 aliphatic carbocycles.